The number of hydrogen-bond acceptors (Lipinski definition) is 6. The maximum absolute atomic E-state index is 11.8. The highest BCUT2D eigenvalue weighted by molar-refractivity contribution is 5.85. The third-order valence-electron chi connectivity index (χ3n) is 3.38. The fourth-order valence-electron chi connectivity index (χ4n) is 2.16. The van der Waals surface area contributed by atoms with E-state index in [-0.39, 0.29) is 12.5 Å². The Morgan fingerprint density at radius 2 is 2.04 bits per heavy atom. The van der Waals surface area contributed by atoms with Crippen LogP contribution in [0.1, 0.15) is 5.69 Å². The van der Waals surface area contributed by atoms with Crippen molar-refractivity contribution in [2.75, 3.05) is 19.0 Å². The number of anilines is 1. The van der Waals surface area contributed by atoms with Gasteiger partial charge in [-0.15, -0.1) is 0 Å². The Bertz CT molecular complexity index is 911. The molecule has 7 heteroatoms. The first-order chi connectivity index (χ1) is 12.2. The SMILES string of the molecule is COc1cccc(NCC(=O)N/N=C\c2cnc3ccccc3n2)c1. The summed E-state index contributed by atoms with van der Waals surface area (Å²) in [5, 5.41) is 6.90. The molecule has 0 spiro atoms. The molecule has 0 atom stereocenters. The molecule has 0 saturated carbocycles. The lowest BCUT2D eigenvalue weighted by molar-refractivity contribution is -0.119. The zero-order valence-electron chi connectivity index (χ0n) is 13.6. The Kier molecular flexibility index (Phi) is 5.16. The third kappa shape index (κ3) is 4.51. The summed E-state index contributed by atoms with van der Waals surface area (Å²) in [6.45, 7) is 0.0912. The molecule has 126 valence electrons. The number of amides is 1. The zero-order chi connectivity index (χ0) is 17.5. The van der Waals surface area contributed by atoms with Crippen LogP contribution in [0.15, 0.2) is 59.8 Å². The highest BCUT2D eigenvalue weighted by atomic mass is 16.5. The molecule has 1 heterocycles. The number of carbonyl (C=O) groups excluding carboxylic acids is 1. The molecular formula is C18H17N5O2. The number of aromatic nitrogens is 2. The Morgan fingerprint density at radius 1 is 1.20 bits per heavy atom. The van der Waals surface area contributed by atoms with Gasteiger partial charge >= 0.3 is 0 Å². The van der Waals surface area contributed by atoms with Crippen molar-refractivity contribution in [1.82, 2.24) is 15.4 Å². The number of nitrogens with zero attached hydrogens (tertiary/aromatic N) is 3. The average molecular weight is 335 g/mol. The molecular weight excluding hydrogens is 318 g/mol. The van der Waals surface area contributed by atoms with Crippen LogP contribution in [-0.2, 0) is 4.79 Å². The van der Waals surface area contributed by atoms with Crippen LogP contribution in [0.2, 0.25) is 0 Å². The summed E-state index contributed by atoms with van der Waals surface area (Å²) in [6.07, 6.45) is 3.06. The molecule has 3 rings (SSSR count). The second-order valence-corrected chi connectivity index (χ2v) is 5.16. The van der Waals surface area contributed by atoms with Gasteiger partial charge < -0.3 is 10.1 Å². The number of benzene rings is 2. The summed E-state index contributed by atoms with van der Waals surface area (Å²) < 4.78 is 5.13. The molecule has 0 aliphatic carbocycles. The van der Waals surface area contributed by atoms with Crippen LogP contribution in [-0.4, -0.2) is 35.7 Å². The first-order valence-electron chi connectivity index (χ1n) is 7.66. The van der Waals surface area contributed by atoms with Gasteiger partial charge in [0.1, 0.15) is 11.4 Å². The van der Waals surface area contributed by atoms with Crippen LogP contribution in [0, 0.1) is 0 Å². The van der Waals surface area contributed by atoms with E-state index in [0.717, 1.165) is 22.5 Å². The van der Waals surface area contributed by atoms with Gasteiger partial charge in [0.05, 0.1) is 37.1 Å². The number of rotatable bonds is 6. The molecule has 3 aromatic rings. The largest absolute Gasteiger partial charge is 0.497 e. The van der Waals surface area contributed by atoms with Crippen LogP contribution < -0.4 is 15.5 Å². The number of hydrogen-bond donors (Lipinski definition) is 2. The van der Waals surface area contributed by atoms with Gasteiger partial charge in [-0.25, -0.2) is 10.4 Å². The van der Waals surface area contributed by atoms with Crippen molar-refractivity contribution >= 4 is 28.8 Å². The minimum Gasteiger partial charge on any atom is -0.497 e. The van der Waals surface area contributed by atoms with Crippen molar-refractivity contribution in [2.45, 2.75) is 0 Å². The van der Waals surface area contributed by atoms with Gasteiger partial charge in [0.2, 0.25) is 0 Å². The van der Waals surface area contributed by atoms with Gasteiger partial charge in [0, 0.05) is 11.8 Å². The summed E-state index contributed by atoms with van der Waals surface area (Å²) in [5.74, 6) is 0.450. The third-order valence-corrected chi connectivity index (χ3v) is 3.38. The van der Waals surface area contributed by atoms with E-state index >= 15 is 0 Å². The fourth-order valence-corrected chi connectivity index (χ4v) is 2.16. The number of nitrogens with one attached hydrogen (secondary N) is 2. The quantitative estimate of drug-likeness (QED) is 0.532. The standard InChI is InChI=1S/C18H17N5O2/c1-25-15-6-4-5-13(9-15)19-12-18(24)23-21-11-14-10-20-16-7-2-3-8-17(16)22-14/h2-11,19H,12H2,1H3,(H,23,24)/b21-11-. The number of para-hydroxylation sites is 2. The maximum atomic E-state index is 11.8. The van der Waals surface area contributed by atoms with Gasteiger partial charge in [0.25, 0.3) is 5.91 Å². The Balaban J connectivity index is 1.53. The number of hydrazone groups is 1. The first-order valence-corrected chi connectivity index (χ1v) is 7.66. The first kappa shape index (κ1) is 16.4. The number of methoxy groups -OCH3 is 1. The molecule has 0 bridgehead atoms. The van der Waals surface area contributed by atoms with Crippen molar-refractivity contribution in [3.8, 4) is 5.75 Å². The van der Waals surface area contributed by atoms with Crippen LogP contribution in [0.5, 0.6) is 5.75 Å². The minimum absolute atomic E-state index is 0.0912. The monoisotopic (exact) mass is 335 g/mol. The molecule has 25 heavy (non-hydrogen) atoms. The van der Waals surface area contributed by atoms with E-state index < -0.39 is 0 Å². The van der Waals surface area contributed by atoms with Crippen molar-refractivity contribution in [1.29, 1.82) is 0 Å². The topological polar surface area (TPSA) is 88.5 Å². The van der Waals surface area contributed by atoms with E-state index in [2.05, 4.69) is 25.8 Å². The number of fused-ring (bicyclic) bond motifs is 1. The van der Waals surface area contributed by atoms with E-state index in [9.17, 15) is 4.79 Å². The lowest BCUT2D eigenvalue weighted by atomic mass is 10.3. The normalized spacial score (nSPS) is 10.8. The van der Waals surface area contributed by atoms with Gasteiger partial charge in [-0.1, -0.05) is 18.2 Å². The molecule has 0 fully saturated rings. The van der Waals surface area contributed by atoms with Crippen molar-refractivity contribution in [2.24, 2.45) is 5.10 Å². The summed E-state index contributed by atoms with van der Waals surface area (Å²) in [5.41, 5.74) is 5.39. The van der Waals surface area contributed by atoms with Crippen LogP contribution >= 0.6 is 0 Å². The highest BCUT2D eigenvalue weighted by Crippen LogP contribution is 2.16. The van der Waals surface area contributed by atoms with Gasteiger partial charge in [-0.3, -0.25) is 9.78 Å². The van der Waals surface area contributed by atoms with Crippen LogP contribution in [0.25, 0.3) is 11.0 Å². The van der Waals surface area contributed by atoms with E-state index in [1.807, 2.05) is 42.5 Å². The van der Waals surface area contributed by atoms with E-state index in [1.54, 1.807) is 19.4 Å². The van der Waals surface area contributed by atoms with Crippen molar-refractivity contribution in [3.05, 3.63) is 60.4 Å². The minimum atomic E-state index is -0.271. The summed E-state index contributed by atoms with van der Waals surface area (Å²) >= 11 is 0. The van der Waals surface area contributed by atoms with E-state index in [4.69, 9.17) is 4.74 Å². The Hall–Kier alpha value is -3.48. The molecule has 0 saturated heterocycles. The summed E-state index contributed by atoms with van der Waals surface area (Å²) in [6, 6.07) is 14.9. The predicted octanol–water partition coefficient (Wildman–Crippen LogP) is 2.20. The lowest BCUT2D eigenvalue weighted by Gasteiger charge is -2.06. The molecule has 1 amide bonds. The second-order valence-electron chi connectivity index (χ2n) is 5.16. The summed E-state index contributed by atoms with van der Waals surface area (Å²) in [4.78, 5) is 20.5. The van der Waals surface area contributed by atoms with Crippen molar-refractivity contribution in [3.63, 3.8) is 0 Å². The Morgan fingerprint density at radius 3 is 2.88 bits per heavy atom. The molecule has 0 radical (unpaired) electrons. The van der Waals surface area contributed by atoms with Crippen LogP contribution in [0.3, 0.4) is 0 Å². The number of ether oxygens (including phenoxy) is 1. The highest BCUT2D eigenvalue weighted by Gasteiger charge is 2.01. The van der Waals surface area contributed by atoms with Gasteiger partial charge in [-0.2, -0.15) is 5.10 Å². The Labute approximate surface area is 144 Å². The van der Waals surface area contributed by atoms with Gasteiger partial charge in [0.15, 0.2) is 0 Å². The van der Waals surface area contributed by atoms with Crippen molar-refractivity contribution < 1.29 is 9.53 Å². The predicted molar refractivity (Wildman–Crippen MR) is 96.8 cm³/mol. The molecule has 1 aromatic heterocycles. The summed E-state index contributed by atoms with van der Waals surface area (Å²) in [7, 11) is 1.59. The molecule has 7 nitrogen and oxygen atoms in total. The lowest BCUT2D eigenvalue weighted by Crippen LogP contribution is -2.25. The zero-order valence-corrected chi connectivity index (χ0v) is 13.6. The maximum Gasteiger partial charge on any atom is 0.259 e. The molecule has 2 N–H and O–H groups in total. The molecule has 0 unspecified atom stereocenters. The van der Waals surface area contributed by atoms with E-state index in [0.29, 0.717) is 5.69 Å². The molecule has 0 aliphatic rings. The van der Waals surface area contributed by atoms with Gasteiger partial charge in [-0.05, 0) is 24.3 Å². The fraction of sp³-hybridized carbons (Fsp3) is 0.111. The number of carbonyl (C=O) groups is 1. The second kappa shape index (κ2) is 7.87. The smallest absolute Gasteiger partial charge is 0.259 e. The van der Waals surface area contributed by atoms with Crippen LogP contribution in [0.4, 0.5) is 5.69 Å². The van der Waals surface area contributed by atoms with E-state index in [1.165, 1.54) is 6.21 Å². The molecule has 2 aromatic carbocycles. The molecule has 0 aliphatic heterocycles. The average Bonchev–Trinajstić information content (AvgIpc) is 2.66.